The van der Waals surface area contributed by atoms with E-state index in [0.29, 0.717) is 18.5 Å². The van der Waals surface area contributed by atoms with E-state index in [4.69, 9.17) is 0 Å². The molecule has 3 heteroatoms. The van der Waals surface area contributed by atoms with E-state index in [9.17, 15) is 4.79 Å². The molecule has 1 fully saturated rings. The van der Waals surface area contributed by atoms with Gasteiger partial charge in [-0.25, -0.2) is 0 Å². The molecule has 0 bridgehead atoms. The number of amides is 1. The largest absolute Gasteiger partial charge is 0.353 e. The molecule has 1 amide bonds. The normalized spacial score (nSPS) is 17.3. The van der Waals surface area contributed by atoms with E-state index in [-0.39, 0.29) is 5.91 Å². The van der Waals surface area contributed by atoms with Gasteiger partial charge >= 0.3 is 0 Å². The second-order valence-electron chi connectivity index (χ2n) is 4.76. The molecule has 88 valence electrons. The Kier molecular flexibility index (Phi) is 5.69. The minimum absolute atomic E-state index is 0.229. The first kappa shape index (κ1) is 12.5. The van der Waals surface area contributed by atoms with Gasteiger partial charge in [0.15, 0.2) is 0 Å². The lowest BCUT2D eigenvalue weighted by atomic mass is 10.2. The highest BCUT2D eigenvalue weighted by Gasteiger charge is 2.16. The standard InChI is InChI=1S/C12H24N2O/c1-10(2)13-9-5-8-12(15)14-11-6-3-4-7-11/h10-11,13H,3-9H2,1-2H3,(H,14,15). The van der Waals surface area contributed by atoms with Gasteiger partial charge in [0.1, 0.15) is 0 Å². The van der Waals surface area contributed by atoms with Crippen molar-refractivity contribution in [2.45, 2.75) is 64.5 Å². The molecule has 0 aliphatic heterocycles. The molecule has 0 radical (unpaired) electrons. The molecule has 0 aromatic carbocycles. The number of hydrogen-bond acceptors (Lipinski definition) is 2. The van der Waals surface area contributed by atoms with Crippen molar-refractivity contribution in [1.82, 2.24) is 10.6 Å². The van der Waals surface area contributed by atoms with Crippen molar-refractivity contribution in [1.29, 1.82) is 0 Å². The summed E-state index contributed by atoms with van der Waals surface area (Å²) in [5.41, 5.74) is 0. The van der Waals surface area contributed by atoms with Crippen molar-refractivity contribution in [2.75, 3.05) is 6.54 Å². The Balaban J connectivity index is 1.98. The molecule has 0 saturated heterocycles. The van der Waals surface area contributed by atoms with Crippen LogP contribution in [0, 0.1) is 0 Å². The number of carbonyl (C=O) groups is 1. The maximum Gasteiger partial charge on any atom is 0.220 e. The molecule has 0 aromatic rings. The molecule has 0 spiro atoms. The molecular weight excluding hydrogens is 188 g/mol. The van der Waals surface area contributed by atoms with Gasteiger partial charge in [0, 0.05) is 18.5 Å². The Morgan fingerprint density at radius 1 is 1.33 bits per heavy atom. The zero-order valence-corrected chi connectivity index (χ0v) is 10.0. The molecule has 0 unspecified atom stereocenters. The van der Waals surface area contributed by atoms with Gasteiger partial charge < -0.3 is 10.6 Å². The predicted molar refractivity (Wildman–Crippen MR) is 62.8 cm³/mol. The quantitative estimate of drug-likeness (QED) is 0.659. The average Bonchev–Trinajstić information content (AvgIpc) is 2.64. The molecule has 0 heterocycles. The smallest absolute Gasteiger partial charge is 0.220 e. The SMILES string of the molecule is CC(C)NCCCC(=O)NC1CCCC1. The lowest BCUT2D eigenvalue weighted by Gasteiger charge is -2.12. The molecule has 0 atom stereocenters. The van der Waals surface area contributed by atoms with Crippen molar-refractivity contribution in [2.24, 2.45) is 0 Å². The fraction of sp³-hybridized carbons (Fsp3) is 0.917. The number of nitrogens with one attached hydrogen (secondary N) is 2. The monoisotopic (exact) mass is 212 g/mol. The zero-order valence-electron chi connectivity index (χ0n) is 10.0. The second kappa shape index (κ2) is 6.83. The third kappa shape index (κ3) is 5.78. The van der Waals surface area contributed by atoms with E-state index < -0.39 is 0 Å². The lowest BCUT2D eigenvalue weighted by molar-refractivity contribution is -0.121. The number of carbonyl (C=O) groups excluding carboxylic acids is 1. The first-order chi connectivity index (χ1) is 7.18. The van der Waals surface area contributed by atoms with Crippen LogP contribution in [0.3, 0.4) is 0 Å². The van der Waals surface area contributed by atoms with Crippen LogP contribution >= 0.6 is 0 Å². The van der Waals surface area contributed by atoms with E-state index in [0.717, 1.165) is 13.0 Å². The second-order valence-corrected chi connectivity index (χ2v) is 4.76. The molecule has 3 nitrogen and oxygen atoms in total. The van der Waals surface area contributed by atoms with Gasteiger partial charge in [-0.2, -0.15) is 0 Å². The van der Waals surface area contributed by atoms with Crippen LogP contribution in [-0.2, 0) is 4.79 Å². The summed E-state index contributed by atoms with van der Waals surface area (Å²) in [5, 5.41) is 6.41. The summed E-state index contributed by atoms with van der Waals surface area (Å²) in [6, 6.07) is 0.985. The van der Waals surface area contributed by atoms with Crippen molar-refractivity contribution in [3.8, 4) is 0 Å². The summed E-state index contributed by atoms with van der Waals surface area (Å²) in [6.45, 7) is 5.19. The molecule has 1 saturated carbocycles. The van der Waals surface area contributed by atoms with Gasteiger partial charge in [0.25, 0.3) is 0 Å². The van der Waals surface area contributed by atoms with Crippen molar-refractivity contribution >= 4 is 5.91 Å². The molecule has 1 aliphatic carbocycles. The molecule has 1 aliphatic rings. The minimum atomic E-state index is 0.229. The van der Waals surface area contributed by atoms with E-state index in [1.54, 1.807) is 0 Å². The number of hydrogen-bond donors (Lipinski definition) is 2. The molecule has 1 rings (SSSR count). The van der Waals surface area contributed by atoms with Gasteiger partial charge in [-0.1, -0.05) is 26.7 Å². The summed E-state index contributed by atoms with van der Waals surface area (Å²) in [4.78, 5) is 11.5. The van der Waals surface area contributed by atoms with Crippen LogP contribution < -0.4 is 10.6 Å². The van der Waals surface area contributed by atoms with Crippen LogP contribution in [0.5, 0.6) is 0 Å². The maximum absolute atomic E-state index is 11.5. The topological polar surface area (TPSA) is 41.1 Å². The van der Waals surface area contributed by atoms with E-state index in [2.05, 4.69) is 24.5 Å². The van der Waals surface area contributed by atoms with Gasteiger partial charge in [0.2, 0.25) is 5.91 Å². The molecule has 15 heavy (non-hydrogen) atoms. The fourth-order valence-electron chi connectivity index (χ4n) is 2.01. The summed E-state index contributed by atoms with van der Waals surface area (Å²) in [5.74, 6) is 0.229. The maximum atomic E-state index is 11.5. The molecular formula is C12H24N2O. The Bertz CT molecular complexity index is 186. The van der Waals surface area contributed by atoms with E-state index in [1.165, 1.54) is 25.7 Å². The summed E-state index contributed by atoms with van der Waals surface area (Å²) in [7, 11) is 0. The van der Waals surface area contributed by atoms with E-state index >= 15 is 0 Å². The Morgan fingerprint density at radius 3 is 2.60 bits per heavy atom. The minimum Gasteiger partial charge on any atom is -0.353 e. The van der Waals surface area contributed by atoms with Crippen molar-refractivity contribution < 1.29 is 4.79 Å². The zero-order chi connectivity index (χ0) is 11.1. The predicted octanol–water partition coefficient (Wildman–Crippen LogP) is 1.82. The molecule has 0 aromatic heterocycles. The highest BCUT2D eigenvalue weighted by Crippen LogP contribution is 2.17. The van der Waals surface area contributed by atoms with E-state index in [1.807, 2.05) is 0 Å². The summed E-state index contributed by atoms with van der Waals surface area (Å²) >= 11 is 0. The van der Waals surface area contributed by atoms with Gasteiger partial charge in [-0.3, -0.25) is 4.79 Å². The van der Waals surface area contributed by atoms with Crippen molar-refractivity contribution in [3.05, 3.63) is 0 Å². The van der Waals surface area contributed by atoms with Crippen LogP contribution in [0.25, 0.3) is 0 Å². The van der Waals surface area contributed by atoms with Crippen LogP contribution in [0.15, 0.2) is 0 Å². The van der Waals surface area contributed by atoms with Gasteiger partial charge in [0.05, 0.1) is 0 Å². The highest BCUT2D eigenvalue weighted by molar-refractivity contribution is 5.76. The summed E-state index contributed by atoms with van der Waals surface area (Å²) in [6.07, 6.45) is 6.51. The summed E-state index contributed by atoms with van der Waals surface area (Å²) < 4.78 is 0. The average molecular weight is 212 g/mol. The third-order valence-electron chi connectivity index (χ3n) is 2.85. The fourth-order valence-corrected chi connectivity index (χ4v) is 2.01. The molecule has 2 N–H and O–H groups in total. The van der Waals surface area contributed by atoms with Crippen LogP contribution in [-0.4, -0.2) is 24.5 Å². The Labute approximate surface area is 93.0 Å². The van der Waals surface area contributed by atoms with Crippen LogP contribution in [0.4, 0.5) is 0 Å². The van der Waals surface area contributed by atoms with Gasteiger partial charge in [-0.15, -0.1) is 0 Å². The highest BCUT2D eigenvalue weighted by atomic mass is 16.1. The number of rotatable bonds is 6. The first-order valence-corrected chi connectivity index (χ1v) is 6.21. The van der Waals surface area contributed by atoms with Gasteiger partial charge in [-0.05, 0) is 25.8 Å². The first-order valence-electron chi connectivity index (χ1n) is 6.21. The lowest BCUT2D eigenvalue weighted by Crippen LogP contribution is -2.33. The Hall–Kier alpha value is -0.570. The third-order valence-corrected chi connectivity index (χ3v) is 2.85. The van der Waals surface area contributed by atoms with Crippen LogP contribution in [0.2, 0.25) is 0 Å². The Morgan fingerprint density at radius 2 is 2.00 bits per heavy atom. The van der Waals surface area contributed by atoms with Crippen molar-refractivity contribution in [3.63, 3.8) is 0 Å². The van der Waals surface area contributed by atoms with Crippen LogP contribution in [0.1, 0.15) is 52.4 Å².